The van der Waals surface area contributed by atoms with E-state index in [9.17, 15) is 0 Å². The molecule has 3 heteroatoms. The largest absolute Gasteiger partial charge is 0.496 e. The van der Waals surface area contributed by atoms with Gasteiger partial charge in [-0.15, -0.1) is 0 Å². The Morgan fingerprint density at radius 1 is 1.35 bits per heavy atom. The van der Waals surface area contributed by atoms with E-state index in [1.54, 1.807) is 14.2 Å². The second kappa shape index (κ2) is 6.03. The van der Waals surface area contributed by atoms with Gasteiger partial charge in [0.15, 0.2) is 0 Å². The summed E-state index contributed by atoms with van der Waals surface area (Å²) in [5, 5.41) is 3.53. The fourth-order valence-electron chi connectivity index (χ4n) is 2.50. The highest BCUT2D eigenvalue weighted by Crippen LogP contribution is 2.25. The number of hydrogen-bond acceptors (Lipinski definition) is 3. The zero-order valence-electron chi connectivity index (χ0n) is 10.7. The SMILES string of the molecule is COCc1c(CC2CCCN2)cccc1OC. The minimum absolute atomic E-state index is 0.609. The van der Waals surface area contributed by atoms with Crippen LogP contribution in [0.1, 0.15) is 24.0 Å². The average Bonchev–Trinajstić information content (AvgIpc) is 2.84. The van der Waals surface area contributed by atoms with E-state index in [0.717, 1.165) is 18.7 Å². The molecule has 2 rings (SSSR count). The van der Waals surface area contributed by atoms with Crippen molar-refractivity contribution in [3.63, 3.8) is 0 Å². The molecule has 1 unspecified atom stereocenters. The van der Waals surface area contributed by atoms with E-state index in [0.29, 0.717) is 12.6 Å². The van der Waals surface area contributed by atoms with E-state index in [1.165, 1.54) is 24.0 Å². The van der Waals surface area contributed by atoms with Gasteiger partial charge in [0.05, 0.1) is 13.7 Å². The van der Waals surface area contributed by atoms with E-state index >= 15 is 0 Å². The molecule has 1 N–H and O–H groups in total. The summed E-state index contributed by atoms with van der Waals surface area (Å²) in [7, 11) is 3.44. The third-order valence-corrected chi connectivity index (χ3v) is 3.37. The van der Waals surface area contributed by atoms with Gasteiger partial charge in [-0.2, -0.15) is 0 Å². The van der Waals surface area contributed by atoms with Crippen LogP contribution in [0.25, 0.3) is 0 Å². The van der Waals surface area contributed by atoms with Crippen LogP contribution in [-0.2, 0) is 17.8 Å². The molecule has 1 aromatic rings. The Morgan fingerprint density at radius 2 is 2.24 bits per heavy atom. The first-order valence-electron chi connectivity index (χ1n) is 6.22. The summed E-state index contributed by atoms with van der Waals surface area (Å²) in [6, 6.07) is 6.84. The van der Waals surface area contributed by atoms with Crippen LogP contribution in [0.5, 0.6) is 5.75 Å². The van der Waals surface area contributed by atoms with Crippen LogP contribution in [0.4, 0.5) is 0 Å². The van der Waals surface area contributed by atoms with Crippen LogP contribution in [0.3, 0.4) is 0 Å². The second-order valence-corrected chi connectivity index (χ2v) is 4.53. The average molecular weight is 235 g/mol. The highest BCUT2D eigenvalue weighted by Gasteiger charge is 2.17. The van der Waals surface area contributed by atoms with Gasteiger partial charge in [0.1, 0.15) is 5.75 Å². The summed E-state index contributed by atoms with van der Waals surface area (Å²) < 4.78 is 10.7. The zero-order valence-corrected chi connectivity index (χ0v) is 10.7. The molecule has 0 spiro atoms. The maximum absolute atomic E-state index is 5.40. The normalized spacial score (nSPS) is 19.5. The molecule has 94 valence electrons. The van der Waals surface area contributed by atoms with Crippen LogP contribution >= 0.6 is 0 Å². The highest BCUT2D eigenvalue weighted by molar-refractivity contribution is 5.40. The van der Waals surface area contributed by atoms with Crippen LogP contribution in [0.15, 0.2) is 18.2 Å². The molecule has 1 aromatic carbocycles. The van der Waals surface area contributed by atoms with Crippen LogP contribution in [0.2, 0.25) is 0 Å². The number of rotatable bonds is 5. The van der Waals surface area contributed by atoms with Crippen LogP contribution < -0.4 is 10.1 Å². The molecule has 1 saturated heterocycles. The van der Waals surface area contributed by atoms with Crippen molar-refractivity contribution < 1.29 is 9.47 Å². The smallest absolute Gasteiger partial charge is 0.124 e. The number of nitrogens with one attached hydrogen (secondary N) is 1. The van der Waals surface area contributed by atoms with Crippen molar-refractivity contribution >= 4 is 0 Å². The Hall–Kier alpha value is -1.06. The fraction of sp³-hybridized carbons (Fsp3) is 0.571. The van der Waals surface area contributed by atoms with Crippen molar-refractivity contribution in [3.05, 3.63) is 29.3 Å². The van der Waals surface area contributed by atoms with Crippen molar-refractivity contribution in [1.82, 2.24) is 5.32 Å². The highest BCUT2D eigenvalue weighted by atomic mass is 16.5. The maximum Gasteiger partial charge on any atom is 0.124 e. The number of hydrogen-bond donors (Lipinski definition) is 1. The maximum atomic E-state index is 5.40. The zero-order chi connectivity index (χ0) is 12.1. The molecule has 3 nitrogen and oxygen atoms in total. The Balaban J connectivity index is 2.18. The molecule has 0 aliphatic carbocycles. The lowest BCUT2D eigenvalue weighted by Gasteiger charge is -2.16. The molecule has 0 bridgehead atoms. The van der Waals surface area contributed by atoms with Crippen LogP contribution in [-0.4, -0.2) is 26.8 Å². The van der Waals surface area contributed by atoms with Gasteiger partial charge in [-0.3, -0.25) is 0 Å². The van der Waals surface area contributed by atoms with Gasteiger partial charge in [0, 0.05) is 18.7 Å². The number of ether oxygens (including phenoxy) is 2. The lowest BCUT2D eigenvalue weighted by Crippen LogP contribution is -2.24. The Bertz CT molecular complexity index is 359. The molecule has 1 heterocycles. The van der Waals surface area contributed by atoms with Gasteiger partial charge in [0.2, 0.25) is 0 Å². The standard InChI is InChI=1S/C14H21NO2/c1-16-10-13-11(5-3-7-14(13)17-2)9-12-6-4-8-15-12/h3,5,7,12,15H,4,6,8-10H2,1-2H3. The van der Waals surface area contributed by atoms with Gasteiger partial charge in [-0.25, -0.2) is 0 Å². The summed E-state index contributed by atoms with van der Waals surface area (Å²) >= 11 is 0. The molecular weight excluding hydrogens is 214 g/mol. The molecule has 1 fully saturated rings. The number of benzene rings is 1. The van der Waals surface area contributed by atoms with Crippen molar-refractivity contribution in [2.45, 2.75) is 31.9 Å². The molecule has 1 aliphatic rings. The first kappa shape index (κ1) is 12.4. The monoisotopic (exact) mass is 235 g/mol. The first-order chi connectivity index (χ1) is 8.35. The minimum Gasteiger partial charge on any atom is -0.496 e. The summed E-state index contributed by atoms with van der Waals surface area (Å²) in [6.45, 7) is 1.76. The van der Waals surface area contributed by atoms with E-state index in [2.05, 4.69) is 17.4 Å². The van der Waals surface area contributed by atoms with Crippen molar-refractivity contribution in [1.29, 1.82) is 0 Å². The molecule has 0 aromatic heterocycles. The summed E-state index contributed by atoms with van der Waals surface area (Å²) in [5.74, 6) is 0.933. The Morgan fingerprint density at radius 3 is 2.88 bits per heavy atom. The third-order valence-electron chi connectivity index (χ3n) is 3.37. The predicted molar refractivity (Wildman–Crippen MR) is 68.4 cm³/mol. The van der Waals surface area contributed by atoms with Gasteiger partial charge in [-0.05, 0) is 37.4 Å². The Labute approximate surface area is 103 Å². The van der Waals surface area contributed by atoms with Gasteiger partial charge in [0.25, 0.3) is 0 Å². The topological polar surface area (TPSA) is 30.5 Å². The quantitative estimate of drug-likeness (QED) is 0.848. The van der Waals surface area contributed by atoms with Crippen molar-refractivity contribution in [2.75, 3.05) is 20.8 Å². The molecule has 0 saturated carbocycles. The van der Waals surface area contributed by atoms with E-state index in [4.69, 9.17) is 9.47 Å². The van der Waals surface area contributed by atoms with E-state index in [-0.39, 0.29) is 0 Å². The number of methoxy groups -OCH3 is 2. The van der Waals surface area contributed by atoms with E-state index < -0.39 is 0 Å². The molecule has 1 atom stereocenters. The lowest BCUT2D eigenvalue weighted by atomic mass is 9.99. The Kier molecular flexibility index (Phi) is 4.40. The lowest BCUT2D eigenvalue weighted by molar-refractivity contribution is 0.180. The molecular formula is C14H21NO2. The van der Waals surface area contributed by atoms with Gasteiger partial charge >= 0.3 is 0 Å². The third kappa shape index (κ3) is 2.99. The summed E-state index contributed by atoms with van der Waals surface area (Å²) in [4.78, 5) is 0. The molecule has 0 radical (unpaired) electrons. The predicted octanol–water partition coefficient (Wildman–Crippen LogP) is 2.14. The van der Waals surface area contributed by atoms with E-state index in [1.807, 2.05) is 6.07 Å². The molecule has 1 aliphatic heterocycles. The second-order valence-electron chi connectivity index (χ2n) is 4.53. The minimum atomic E-state index is 0.609. The van der Waals surface area contributed by atoms with Crippen molar-refractivity contribution in [3.8, 4) is 5.75 Å². The molecule has 0 amide bonds. The fourth-order valence-corrected chi connectivity index (χ4v) is 2.50. The first-order valence-corrected chi connectivity index (χ1v) is 6.22. The van der Waals surface area contributed by atoms with Crippen LogP contribution in [0, 0.1) is 0 Å². The summed E-state index contributed by atoms with van der Waals surface area (Å²) in [5.41, 5.74) is 2.52. The summed E-state index contributed by atoms with van der Waals surface area (Å²) in [6.07, 6.45) is 3.62. The molecule has 17 heavy (non-hydrogen) atoms. The van der Waals surface area contributed by atoms with Crippen molar-refractivity contribution in [2.24, 2.45) is 0 Å². The van der Waals surface area contributed by atoms with Gasteiger partial charge in [-0.1, -0.05) is 12.1 Å². The van der Waals surface area contributed by atoms with Gasteiger partial charge < -0.3 is 14.8 Å².